The molecule has 1 aliphatic heterocycles. The molecular formula is C19H24N2O4. The summed E-state index contributed by atoms with van der Waals surface area (Å²) in [6.07, 6.45) is 4.43. The average molecular weight is 344 g/mol. The van der Waals surface area contributed by atoms with Crippen molar-refractivity contribution in [2.75, 3.05) is 7.11 Å². The topological polar surface area (TPSA) is 84.5 Å². The molecule has 25 heavy (non-hydrogen) atoms. The molecule has 1 saturated heterocycles. The van der Waals surface area contributed by atoms with Crippen LogP contribution >= 0.6 is 0 Å². The number of nitrogens with one attached hydrogen (secondary N) is 2. The molecule has 134 valence electrons. The summed E-state index contributed by atoms with van der Waals surface area (Å²) in [4.78, 5) is 35.9. The molecule has 0 radical (unpaired) electrons. The van der Waals surface area contributed by atoms with Crippen LogP contribution in [0.25, 0.3) is 0 Å². The van der Waals surface area contributed by atoms with Gasteiger partial charge >= 0.3 is 5.97 Å². The summed E-state index contributed by atoms with van der Waals surface area (Å²) in [5.74, 6) is -0.672. The first-order chi connectivity index (χ1) is 12.1. The lowest BCUT2D eigenvalue weighted by Gasteiger charge is -2.29. The first-order valence-electron chi connectivity index (χ1n) is 8.84. The van der Waals surface area contributed by atoms with Crippen LogP contribution in [0.4, 0.5) is 0 Å². The van der Waals surface area contributed by atoms with Gasteiger partial charge in [-0.3, -0.25) is 9.59 Å². The van der Waals surface area contributed by atoms with Crippen molar-refractivity contribution in [3.8, 4) is 0 Å². The number of esters is 1. The highest BCUT2D eigenvalue weighted by atomic mass is 16.5. The number of aryl methyl sites for hydroxylation is 1. The predicted molar refractivity (Wildman–Crippen MR) is 91.8 cm³/mol. The van der Waals surface area contributed by atoms with Gasteiger partial charge in [0.25, 0.3) is 0 Å². The maximum absolute atomic E-state index is 12.4. The number of fused-ring (bicyclic) bond motifs is 1. The lowest BCUT2D eigenvalue weighted by Crippen LogP contribution is -2.49. The largest absolute Gasteiger partial charge is 0.467 e. The Hall–Kier alpha value is -2.37. The van der Waals surface area contributed by atoms with Crippen molar-refractivity contribution in [3.63, 3.8) is 0 Å². The van der Waals surface area contributed by atoms with E-state index in [1.807, 2.05) is 12.1 Å². The molecule has 6 heteroatoms. The zero-order valence-corrected chi connectivity index (χ0v) is 14.4. The molecule has 1 fully saturated rings. The molecule has 0 saturated carbocycles. The van der Waals surface area contributed by atoms with Gasteiger partial charge in [0, 0.05) is 6.42 Å². The van der Waals surface area contributed by atoms with Crippen molar-refractivity contribution in [3.05, 3.63) is 35.4 Å². The molecule has 1 aromatic carbocycles. The number of hydrogen-bond acceptors (Lipinski definition) is 4. The number of ether oxygens (including phenoxy) is 1. The van der Waals surface area contributed by atoms with E-state index in [9.17, 15) is 14.4 Å². The Morgan fingerprint density at radius 1 is 1.28 bits per heavy atom. The lowest BCUT2D eigenvalue weighted by molar-refractivity contribution is -0.145. The fourth-order valence-electron chi connectivity index (χ4n) is 3.82. The molecule has 1 heterocycles. The normalized spacial score (nSPS) is 23.3. The van der Waals surface area contributed by atoms with Crippen LogP contribution in [0.15, 0.2) is 24.3 Å². The molecule has 3 atom stereocenters. The average Bonchev–Trinajstić information content (AvgIpc) is 3.07. The van der Waals surface area contributed by atoms with Gasteiger partial charge in [0.05, 0.1) is 7.11 Å². The molecule has 0 spiro atoms. The van der Waals surface area contributed by atoms with Crippen molar-refractivity contribution in [1.82, 2.24) is 10.6 Å². The second-order valence-electron chi connectivity index (χ2n) is 6.77. The van der Waals surface area contributed by atoms with Gasteiger partial charge in [0.15, 0.2) is 0 Å². The van der Waals surface area contributed by atoms with Gasteiger partial charge in [-0.1, -0.05) is 24.3 Å². The van der Waals surface area contributed by atoms with E-state index in [1.54, 1.807) is 0 Å². The molecule has 6 nitrogen and oxygen atoms in total. The summed E-state index contributed by atoms with van der Waals surface area (Å²) in [5, 5.41) is 5.41. The first kappa shape index (κ1) is 17.5. The Bertz CT molecular complexity index is 673. The zero-order valence-electron chi connectivity index (χ0n) is 14.4. The van der Waals surface area contributed by atoms with Gasteiger partial charge in [-0.05, 0) is 49.1 Å². The quantitative estimate of drug-likeness (QED) is 0.792. The van der Waals surface area contributed by atoms with Crippen molar-refractivity contribution in [1.29, 1.82) is 0 Å². The Morgan fingerprint density at radius 2 is 2.08 bits per heavy atom. The molecule has 0 aromatic heterocycles. The van der Waals surface area contributed by atoms with E-state index in [1.165, 1.54) is 18.2 Å². The fourth-order valence-corrected chi connectivity index (χ4v) is 3.82. The Balaban J connectivity index is 1.70. The van der Waals surface area contributed by atoms with Crippen LogP contribution in [0.5, 0.6) is 0 Å². The van der Waals surface area contributed by atoms with E-state index in [-0.39, 0.29) is 17.7 Å². The minimum absolute atomic E-state index is 0.129. The van der Waals surface area contributed by atoms with E-state index in [4.69, 9.17) is 4.74 Å². The smallest absolute Gasteiger partial charge is 0.328 e. The van der Waals surface area contributed by atoms with Gasteiger partial charge in [-0.2, -0.15) is 0 Å². The van der Waals surface area contributed by atoms with Gasteiger partial charge in [-0.25, -0.2) is 4.79 Å². The molecule has 2 aliphatic rings. The summed E-state index contributed by atoms with van der Waals surface area (Å²) in [7, 11) is 1.33. The maximum atomic E-state index is 12.4. The standard InChI is InChI=1S/C19H24N2O4/c1-25-19(24)16(21-18(23)15-9-10-17(22)20-15)11-13-7-4-6-12-5-2-3-8-14(12)13/h2-3,5,8,13,15-16H,4,6-7,9-11H2,1H3,(H,20,22)(H,21,23)/t13-,15+,16-/m0/s1. The van der Waals surface area contributed by atoms with Crippen molar-refractivity contribution in [2.45, 2.75) is 56.5 Å². The highest BCUT2D eigenvalue weighted by Crippen LogP contribution is 2.34. The summed E-state index contributed by atoms with van der Waals surface area (Å²) >= 11 is 0. The summed E-state index contributed by atoms with van der Waals surface area (Å²) in [6, 6.07) is 7.01. The van der Waals surface area contributed by atoms with Crippen LogP contribution < -0.4 is 10.6 Å². The molecule has 1 aromatic rings. The number of benzene rings is 1. The summed E-state index contributed by atoms with van der Waals surface area (Å²) in [6.45, 7) is 0. The predicted octanol–water partition coefficient (Wildman–Crippen LogP) is 1.43. The first-order valence-corrected chi connectivity index (χ1v) is 8.84. The van der Waals surface area contributed by atoms with E-state index < -0.39 is 18.1 Å². The second-order valence-corrected chi connectivity index (χ2v) is 6.77. The zero-order chi connectivity index (χ0) is 17.8. The fraction of sp³-hybridized carbons (Fsp3) is 0.526. The van der Waals surface area contributed by atoms with E-state index in [0.717, 1.165) is 19.3 Å². The van der Waals surface area contributed by atoms with Crippen LogP contribution in [0.2, 0.25) is 0 Å². The third-order valence-electron chi connectivity index (χ3n) is 5.13. The molecule has 3 rings (SSSR count). The van der Waals surface area contributed by atoms with Gasteiger partial charge < -0.3 is 15.4 Å². The molecule has 0 unspecified atom stereocenters. The number of hydrogen-bond donors (Lipinski definition) is 2. The minimum atomic E-state index is -0.703. The Morgan fingerprint density at radius 3 is 2.80 bits per heavy atom. The Kier molecular flexibility index (Phi) is 5.36. The van der Waals surface area contributed by atoms with Crippen LogP contribution in [0.1, 0.15) is 49.1 Å². The summed E-state index contributed by atoms with van der Waals surface area (Å²) in [5.41, 5.74) is 2.57. The van der Waals surface area contributed by atoms with Gasteiger partial charge in [-0.15, -0.1) is 0 Å². The highest BCUT2D eigenvalue weighted by Gasteiger charge is 2.33. The van der Waals surface area contributed by atoms with Crippen LogP contribution in [-0.4, -0.2) is 37.0 Å². The lowest BCUT2D eigenvalue weighted by atomic mass is 9.79. The van der Waals surface area contributed by atoms with Crippen LogP contribution in [-0.2, 0) is 25.5 Å². The molecular weight excluding hydrogens is 320 g/mol. The Labute approximate surface area is 147 Å². The maximum Gasteiger partial charge on any atom is 0.328 e. The number of carbonyl (C=O) groups is 3. The van der Waals surface area contributed by atoms with Crippen molar-refractivity contribution < 1.29 is 19.1 Å². The molecule has 2 amide bonds. The van der Waals surface area contributed by atoms with Crippen molar-refractivity contribution >= 4 is 17.8 Å². The van der Waals surface area contributed by atoms with Gasteiger partial charge in [0.1, 0.15) is 12.1 Å². The number of methoxy groups -OCH3 is 1. The minimum Gasteiger partial charge on any atom is -0.467 e. The molecule has 1 aliphatic carbocycles. The highest BCUT2D eigenvalue weighted by molar-refractivity contribution is 5.93. The van der Waals surface area contributed by atoms with Crippen LogP contribution in [0, 0.1) is 0 Å². The van der Waals surface area contributed by atoms with Crippen LogP contribution in [0.3, 0.4) is 0 Å². The SMILES string of the molecule is COC(=O)[C@H](C[C@@H]1CCCc2ccccc21)NC(=O)[C@H]1CCC(=O)N1. The summed E-state index contributed by atoms with van der Waals surface area (Å²) < 4.78 is 4.89. The molecule has 0 bridgehead atoms. The number of amides is 2. The van der Waals surface area contributed by atoms with Gasteiger partial charge in [0.2, 0.25) is 11.8 Å². The van der Waals surface area contributed by atoms with Crippen molar-refractivity contribution in [2.24, 2.45) is 0 Å². The second kappa shape index (κ2) is 7.68. The molecule has 2 N–H and O–H groups in total. The number of rotatable bonds is 5. The monoisotopic (exact) mass is 344 g/mol. The van der Waals surface area contributed by atoms with E-state index in [0.29, 0.717) is 19.3 Å². The number of carbonyl (C=O) groups excluding carboxylic acids is 3. The van der Waals surface area contributed by atoms with E-state index in [2.05, 4.69) is 22.8 Å². The third kappa shape index (κ3) is 4.00. The van der Waals surface area contributed by atoms with E-state index >= 15 is 0 Å². The third-order valence-corrected chi connectivity index (χ3v) is 5.13.